The highest BCUT2D eigenvalue weighted by atomic mass is 35.5. The van der Waals surface area contributed by atoms with Gasteiger partial charge in [0.05, 0.1) is 22.1 Å². The summed E-state index contributed by atoms with van der Waals surface area (Å²) in [6.45, 7) is 5.50. The highest BCUT2D eigenvalue weighted by Gasteiger charge is 2.14. The number of aryl methyl sites for hydroxylation is 3. The van der Waals surface area contributed by atoms with Crippen molar-refractivity contribution in [1.29, 1.82) is 0 Å². The molecule has 6 heteroatoms. The first kappa shape index (κ1) is 13.0. The summed E-state index contributed by atoms with van der Waals surface area (Å²) in [4.78, 5) is 21.0. The van der Waals surface area contributed by atoms with Gasteiger partial charge >= 0.3 is 0 Å². The predicted molar refractivity (Wildman–Crippen MR) is 73.5 cm³/mol. The van der Waals surface area contributed by atoms with E-state index in [2.05, 4.69) is 15.3 Å². The molecule has 0 saturated heterocycles. The quantitative estimate of drug-likeness (QED) is 0.859. The van der Waals surface area contributed by atoms with E-state index in [4.69, 9.17) is 11.6 Å². The Morgan fingerprint density at radius 3 is 2.50 bits per heavy atom. The molecule has 94 valence electrons. The molecule has 0 saturated carbocycles. The zero-order valence-electron chi connectivity index (χ0n) is 10.2. The molecule has 4 nitrogen and oxygen atoms in total. The highest BCUT2D eigenvalue weighted by Crippen LogP contribution is 2.21. The first-order valence-corrected chi connectivity index (χ1v) is 6.55. The molecule has 2 rings (SSSR count). The third kappa shape index (κ3) is 2.68. The summed E-state index contributed by atoms with van der Waals surface area (Å²) in [7, 11) is 0. The second kappa shape index (κ2) is 5.04. The number of pyridine rings is 1. The van der Waals surface area contributed by atoms with Gasteiger partial charge in [-0.05, 0) is 32.9 Å². The maximum absolute atomic E-state index is 12.1. The molecule has 0 aromatic carbocycles. The number of hydrogen-bond donors (Lipinski definition) is 1. The third-order valence-corrected chi connectivity index (χ3v) is 3.69. The Labute approximate surface area is 114 Å². The van der Waals surface area contributed by atoms with Crippen LogP contribution in [0.5, 0.6) is 0 Å². The summed E-state index contributed by atoms with van der Waals surface area (Å²) in [5, 5.41) is 4.11. The number of anilines is 1. The van der Waals surface area contributed by atoms with Crippen molar-refractivity contribution in [3.8, 4) is 0 Å². The fourth-order valence-electron chi connectivity index (χ4n) is 1.58. The van der Waals surface area contributed by atoms with E-state index in [9.17, 15) is 4.79 Å². The molecular weight excluding hydrogens is 270 g/mol. The average Bonchev–Trinajstić information content (AvgIpc) is 2.62. The van der Waals surface area contributed by atoms with E-state index in [-0.39, 0.29) is 5.91 Å². The summed E-state index contributed by atoms with van der Waals surface area (Å²) in [5.41, 5.74) is 2.10. The Kier molecular flexibility index (Phi) is 3.63. The minimum absolute atomic E-state index is 0.162. The molecule has 0 aliphatic heterocycles. The van der Waals surface area contributed by atoms with Crippen LogP contribution in [0.1, 0.15) is 26.1 Å². The van der Waals surface area contributed by atoms with E-state index in [0.29, 0.717) is 21.4 Å². The van der Waals surface area contributed by atoms with Crippen LogP contribution in [0.25, 0.3) is 0 Å². The second-order valence-corrected chi connectivity index (χ2v) is 5.46. The van der Waals surface area contributed by atoms with E-state index < -0.39 is 0 Å². The molecule has 0 atom stereocenters. The smallest absolute Gasteiger partial charge is 0.267 e. The summed E-state index contributed by atoms with van der Waals surface area (Å²) >= 11 is 7.15. The van der Waals surface area contributed by atoms with E-state index in [1.165, 1.54) is 11.3 Å². The Balaban J connectivity index is 2.24. The van der Waals surface area contributed by atoms with Crippen molar-refractivity contribution in [1.82, 2.24) is 9.97 Å². The lowest BCUT2D eigenvalue weighted by atomic mass is 10.3. The monoisotopic (exact) mass is 281 g/mol. The van der Waals surface area contributed by atoms with Crippen LogP contribution in [0.2, 0.25) is 5.15 Å². The van der Waals surface area contributed by atoms with Crippen molar-refractivity contribution >= 4 is 34.5 Å². The van der Waals surface area contributed by atoms with Crippen LogP contribution in [0, 0.1) is 20.8 Å². The molecule has 2 aromatic rings. The summed E-state index contributed by atoms with van der Waals surface area (Å²) in [6.07, 6.45) is 0. The zero-order chi connectivity index (χ0) is 13.3. The van der Waals surface area contributed by atoms with E-state index in [1.54, 1.807) is 19.1 Å². The molecule has 0 fully saturated rings. The summed E-state index contributed by atoms with van der Waals surface area (Å²) in [6, 6.07) is 3.39. The van der Waals surface area contributed by atoms with Crippen LogP contribution in [-0.4, -0.2) is 15.9 Å². The lowest BCUT2D eigenvalue weighted by Crippen LogP contribution is -2.12. The van der Waals surface area contributed by atoms with Crippen molar-refractivity contribution in [3.05, 3.63) is 38.6 Å². The number of carbonyl (C=O) groups excluding carboxylic acids is 1. The molecule has 0 unspecified atom stereocenters. The number of halogens is 1. The van der Waals surface area contributed by atoms with Crippen LogP contribution >= 0.6 is 22.9 Å². The van der Waals surface area contributed by atoms with E-state index in [1.807, 2.05) is 13.8 Å². The molecule has 2 aromatic heterocycles. The van der Waals surface area contributed by atoms with Crippen LogP contribution in [-0.2, 0) is 0 Å². The summed E-state index contributed by atoms with van der Waals surface area (Å²) < 4.78 is 0. The van der Waals surface area contributed by atoms with E-state index in [0.717, 1.165) is 10.7 Å². The van der Waals surface area contributed by atoms with Crippen molar-refractivity contribution in [2.75, 3.05) is 5.32 Å². The van der Waals surface area contributed by atoms with Gasteiger partial charge in [0.25, 0.3) is 5.91 Å². The minimum Gasteiger partial charge on any atom is -0.320 e. The van der Waals surface area contributed by atoms with Gasteiger partial charge in [-0.25, -0.2) is 9.97 Å². The number of nitrogens with one attached hydrogen (secondary N) is 1. The maximum Gasteiger partial charge on any atom is 0.267 e. The number of amides is 1. The standard InChI is InChI=1S/C12H12ClN3OS/c1-6-9(4-5-10(13)15-6)16-12(17)11-7(2)14-8(3)18-11/h4-5H,1-3H3,(H,16,17). The lowest BCUT2D eigenvalue weighted by molar-refractivity contribution is 0.102. The van der Waals surface area contributed by atoms with Gasteiger partial charge in [-0.2, -0.15) is 0 Å². The van der Waals surface area contributed by atoms with Crippen LogP contribution in [0.3, 0.4) is 0 Å². The molecule has 2 heterocycles. The zero-order valence-corrected chi connectivity index (χ0v) is 11.8. The average molecular weight is 282 g/mol. The Morgan fingerprint density at radius 1 is 1.22 bits per heavy atom. The molecule has 1 amide bonds. The van der Waals surface area contributed by atoms with Crippen molar-refractivity contribution in [3.63, 3.8) is 0 Å². The van der Waals surface area contributed by atoms with E-state index >= 15 is 0 Å². The summed E-state index contributed by atoms with van der Waals surface area (Å²) in [5.74, 6) is -0.162. The van der Waals surface area contributed by atoms with Gasteiger partial charge in [0.1, 0.15) is 10.0 Å². The minimum atomic E-state index is -0.162. The highest BCUT2D eigenvalue weighted by molar-refractivity contribution is 7.13. The molecule has 0 spiro atoms. The number of carbonyl (C=O) groups is 1. The van der Waals surface area contributed by atoms with Gasteiger partial charge < -0.3 is 5.32 Å². The Hall–Kier alpha value is -1.46. The maximum atomic E-state index is 12.1. The fourth-order valence-corrected chi connectivity index (χ4v) is 2.59. The molecule has 0 bridgehead atoms. The van der Waals surface area contributed by atoms with Gasteiger partial charge in [0.2, 0.25) is 0 Å². The predicted octanol–water partition coefficient (Wildman–Crippen LogP) is 3.37. The molecule has 1 N–H and O–H groups in total. The first-order valence-electron chi connectivity index (χ1n) is 5.36. The number of thiazole rings is 1. The number of aromatic nitrogens is 2. The van der Waals surface area contributed by atoms with Crippen LogP contribution in [0.4, 0.5) is 5.69 Å². The topological polar surface area (TPSA) is 54.9 Å². The van der Waals surface area contributed by atoms with Crippen molar-refractivity contribution in [2.24, 2.45) is 0 Å². The van der Waals surface area contributed by atoms with Gasteiger partial charge in [-0.1, -0.05) is 11.6 Å². The third-order valence-electron chi connectivity index (χ3n) is 2.41. The van der Waals surface area contributed by atoms with Crippen LogP contribution < -0.4 is 5.32 Å². The van der Waals surface area contributed by atoms with Gasteiger partial charge in [0, 0.05) is 0 Å². The molecular formula is C12H12ClN3OS. The fraction of sp³-hybridized carbons (Fsp3) is 0.250. The number of nitrogens with zero attached hydrogens (tertiary/aromatic N) is 2. The van der Waals surface area contributed by atoms with Crippen molar-refractivity contribution in [2.45, 2.75) is 20.8 Å². The van der Waals surface area contributed by atoms with Gasteiger partial charge in [-0.3, -0.25) is 4.79 Å². The largest absolute Gasteiger partial charge is 0.320 e. The lowest BCUT2D eigenvalue weighted by Gasteiger charge is -2.06. The second-order valence-electron chi connectivity index (χ2n) is 3.87. The molecule has 18 heavy (non-hydrogen) atoms. The first-order chi connectivity index (χ1) is 8.47. The molecule has 0 radical (unpaired) electrons. The number of rotatable bonds is 2. The van der Waals surface area contributed by atoms with Crippen molar-refractivity contribution < 1.29 is 4.79 Å². The Morgan fingerprint density at radius 2 is 1.94 bits per heavy atom. The van der Waals surface area contributed by atoms with Gasteiger partial charge in [0.15, 0.2) is 0 Å². The molecule has 0 aliphatic carbocycles. The molecule has 0 aliphatic rings. The normalized spacial score (nSPS) is 10.4. The SMILES string of the molecule is Cc1nc(C)c(C(=O)Nc2ccc(Cl)nc2C)s1. The van der Waals surface area contributed by atoms with Crippen LogP contribution in [0.15, 0.2) is 12.1 Å². The number of hydrogen-bond acceptors (Lipinski definition) is 4. The Bertz CT molecular complexity index is 609. The van der Waals surface area contributed by atoms with Gasteiger partial charge in [-0.15, -0.1) is 11.3 Å².